The van der Waals surface area contributed by atoms with Crippen LogP contribution in [0.1, 0.15) is 10.4 Å². The van der Waals surface area contributed by atoms with Gasteiger partial charge in [-0.25, -0.2) is 9.78 Å². The van der Waals surface area contributed by atoms with Gasteiger partial charge in [-0.05, 0) is 18.2 Å². The number of nitrogens with zero attached hydrogens (tertiary/aromatic N) is 2. The lowest BCUT2D eigenvalue weighted by Crippen LogP contribution is -2.04. The first-order chi connectivity index (χ1) is 7.68. The van der Waals surface area contributed by atoms with Gasteiger partial charge in [-0.3, -0.25) is 4.98 Å². The Morgan fingerprint density at radius 1 is 1.31 bits per heavy atom. The average molecular weight is 215 g/mol. The smallest absolute Gasteiger partial charge is 0.339 e. The van der Waals surface area contributed by atoms with Crippen LogP contribution in [0.2, 0.25) is 0 Å². The Labute approximate surface area is 91.6 Å². The molecule has 0 unspecified atom stereocenters. The van der Waals surface area contributed by atoms with E-state index in [0.29, 0.717) is 11.3 Å². The summed E-state index contributed by atoms with van der Waals surface area (Å²) in [6, 6.07) is 6.84. The quantitative estimate of drug-likeness (QED) is 0.790. The van der Waals surface area contributed by atoms with E-state index < -0.39 is 5.97 Å². The van der Waals surface area contributed by atoms with E-state index in [9.17, 15) is 4.79 Å². The summed E-state index contributed by atoms with van der Waals surface area (Å²) in [6.07, 6.45) is 3.14. The Morgan fingerprint density at radius 3 is 2.75 bits per heavy atom. The molecular weight excluding hydrogens is 206 g/mol. The zero-order chi connectivity index (χ0) is 11.5. The minimum absolute atomic E-state index is 0.00665. The van der Waals surface area contributed by atoms with E-state index in [1.54, 1.807) is 18.3 Å². The van der Waals surface area contributed by atoms with Crippen molar-refractivity contribution in [2.24, 2.45) is 0 Å². The molecule has 80 valence electrons. The Balaban J connectivity index is 2.52. The maximum absolute atomic E-state index is 10.9. The summed E-state index contributed by atoms with van der Waals surface area (Å²) in [5.41, 5.74) is 6.74. The maximum Gasteiger partial charge on any atom is 0.339 e. The maximum atomic E-state index is 10.9. The number of hydrogen-bond donors (Lipinski definition) is 2. The molecule has 0 saturated carbocycles. The minimum Gasteiger partial charge on any atom is -0.478 e. The molecule has 0 bridgehead atoms. The van der Waals surface area contributed by atoms with E-state index in [2.05, 4.69) is 9.97 Å². The molecule has 0 atom stereocenters. The van der Waals surface area contributed by atoms with Crippen molar-refractivity contribution in [3.8, 4) is 11.3 Å². The normalized spacial score (nSPS) is 10.0. The first-order valence-electron chi connectivity index (χ1n) is 4.58. The van der Waals surface area contributed by atoms with Gasteiger partial charge in [0.05, 0.1) is 5.69 Å². The molecule has 2 aromatic rings. The van der Waals surface area contributed by atoms with E-state index in [-0.39, 0.29) is 11.4 Å². The van der Waals surface area contributed by atoms with Crippen molar-refractivity contribution in [2.75, 3.05) is 5.73 Å². The van der Waals surface area contributed by atoms with Crippen molar-refractivity contribution in [2.45, 2.75) is 0 Å². The number of carboxylic acids is 1. The number of carboxylic acid groups (broad SMARTS) is 1. The van der Waals surface area contributed by atoms with Gasteiger partial charge in [-0.1, -0.05) is 6.07 Å². The van der Waals surface area contributed by atoms with Crippen molar-refractivity contribution in [3.05, 3.63) is 42.2 Å². The van der Waals surface area contributed by atoms with Crippen LogP contribution in [0.3, 0.4) is 0 Å². The van der Waals surface area contributed by atoms with E-state index >= 15 is 0 Å². The summed E-state index contributed by atoms with van der Waals surface area (Å²) < 4.78 is 0. The van der Waals surface area contributed by atoms with Crippen molar-refractivity contribution in [1.82, 2.24) is 9.97 Å². The first-order valence-corrected chi connectivity index (χ1v) is 4.58. The lowest BCUT2D eigenvalue weighted by molar-refractivity contribution is 0.0698. The fourth-order valence-electron chi connectivity index (χ4n) is 1.32. The molecule has 0 aliphatic rings. The van der Waals surface area contributed by atoms with Gasteiger partial charge in [0, 0.05) is 18.0 Å². The molecule has 5 heteroatoms. The standard InChI is InChI=1S/C11H9N3O2/c12-10-8(11(15)16)5-7(6-14-10)9-3-1-2-4-13-9/h1-6H,(H2,12,14)(H,15,16). The summed E-state index contributed by atoms with van der Waals surface area (Å²) in [6.45, 7) is 0. The molecule has 0 aliphatic heterocycles. The van der Waals surface area contributed by atoms with Gasteiger partial charge in [0.15, 0.2) is 0 Å². The Kier molecular flexibility index (Phi) is 2.51. The Morgan fingerprint density at radius 2 is 2.12 bits per heavy atom. The van der Waals surface area contributed by atoms with Crippen molar-refractivity contribution < 1.29 is 9.90 Å². The number of nitrogen functional groups attached to an aromatic ring is 1. The first kappa shape index (κ1) is 10.1. The van der Waals surface area contributed by atoms with Crippen LogP contribution < -0.4 is 5.73 Å². The van der Waals surface area contributed by atoms with Gasteiger partial charge in [-0.2, -0.15) is 0 Å². The second-order valence-electron chi connectivity index (χ2n) is 3.18. The highest BCUT2D eigenvalue weighted by Gasteiger charge is 2.10. The van der Waals surface area contributed by atoms with E-state index in [4.69, 9.17) is 10.8 Å². The van der Waals surface area contributed by atoms with Gasteiger partial charge >= 0.3 is 5.97 Å². The summed E-state index contributed by atoms with van der Waals surface area (Å²) in [7, 11) is 0. The SMILES string of the molecule is Nc1ncc(-c2ccccn2)cc1C(=O)O. The molecular formula is C11H9N3O2. The number of anilines is 1. The lowest BCUT2D eigenvalue weighted by Gasteiger charge is -2.03. The minimum atomic E-state index is -1.09. The Bertz CT molecular complexity index is 526. The highest BCUT2D eigenvalue weighted by Crippen LogP contribution is 2.19. The van der Waals surface area contributed by atoms with Crippen LogP contribution in [0.15, 0.2) is 36.7 Å². The van der Waals surface area contributed by atoms with Crippen molar-refractivity contribution in [3.63, 3.8) is 0 Å². The second-order valence-corrected chi connectivity index (χ2v) is 3.18. The molecule has 3 N–H and O–H groups in total. The molecule has 16 heavy (non-hydrogen) atoms. The topological polar surface area (TPSA) is 89.1 Å². The third kappa shape index (κ3) is 1.83. The third-order valence-electron chi connectivity index (χ3n) is 2.11. The van der Waals surface area contributed by atoms with Crippen LogP contribution in [0.4, 0.5) is 5.82 Å². The van der Waals surface area contributed by atoms with Gasteiger partial charge in [0.1, 0.15) is 11.4 Å². The molecule has 0 amide bonds. The largest absolute Gasteiger partial charge is 0.478 e. The monoisotopic (exact) mass is 215 g/mol. The predicted octanol–water partition coefficient (Wildman–Crippen LogP) is 1.42. The van der Waals surface area contributed by atoms with Gasteiger partial charge < -0.3 is 10.8 Å². The Hall–Kier alpha value is -2.43. The van der Waals surface area contributed by atoms with Gasteiger partial charge in [0.25, 0.3) is 0 Å². The van der Waals surface area contributed by atoms with E-state index in [1.165, 1.54) is 12.3 Å². The van der Waals surface area contributed by atoms with Crippen LogP contribution in [0, 0.1) is 0 Å². The van der Waals surface area contributed by atoms with E-state index in [1.807, 2.05) is 6.07 Å². The number of aromatic carboxylic acids is 1. The number of aromatic nitrogens is 2. The average Bonchev–Trinajstić information content (AvgIpc) is 2.30. The number of hydrogen-bond acceptors (Lipinski definition) is 4. The molecule has 5 nitrogen and oxygen atoms in total. The molecule has 2 aromatic heterocycles. The van der Waals surface area contributed by atoms with Crippen LogP contribution in [-0.2, 0) is 0 Å². The van der Waals surface area contributed by atoms with Crippen LogP contribution in [0.25, 0.3) is 11.3 Å². The number of pyridine rings is 2. The van der Waals surface area contributed by atoms with Crippen molar-refractivity contribution >= 4 is 11.8 Å². The number of rotatable bonds is 2. The fourth-order valence-corrected chi connectivity index (χ4v) is 1.32. The third-order valence-corrected chi connectivity index (χ3v) is 2.11. The summed E-state index contributed by atoms with van der Waals surface area (Å²) in [5, 5.41) is 8.90. The summed E-state index contributed by atoms with van der Waals surface area (Å²) in [4.78, 5) is 18.8. The summed E-state index contributed by atoms with van der Waals surface area (Å²) >= 11 is 0. The van der Waals surface area contributed by atoms with Gasteiger partial charge in [0.2, 0.25) is 0 Å². The molecule has 2 heterocycles. The molecule has 0 fully saturated rings. The van der Waals surface area contributed by atoms with Gasteiger partial charge in [-0.15, -0.1) is 0 Å². The summed E-state index contributed by atoms with van der Waals surface area (Å²) in [5.74, 6) is -1.09. The zero-order valence-electron chi connectivity index (χ0n) is 8.29. The predicted molar refractivity (Wildman–Crippen MR) is 58.8 cm³/mol. The fraction of sp³-hybridized carbons (Fsp3) is 0. The molecule has 0 saturated heterocycles. The van der Waals surface area contributed by atoms with Crippen LogP contribution >= 0.6 is 0 Å². The molecule has 0 aromatic carbocycles. The van der Waals surface area contributed by atoms with Crippen LogP contribution in [-0.4, -0.2) is 21.0 Å². The highest BCUT2D eigenvalue weighted by atomic mass is 16.4. The number of carbonyl (C=O) groups is 1. The molecule has 0 spiro atoms. The highest BCUT2D eigenvalue weighted by molar-refractivity contribution is 5.93. The van der Waals surface area contributed by atoms with E-state index in [0.717, 1.165) is 0 Å². The number of nitrogens with two attached hydrogens (primary N) is 1. The molecule has 0 radical (unpaired) electrons. The van der Waals surface area contributed by atoms with Crippen molar-refractivity contribution in [1.29, 1.82) is 0 Å². The second kappa shape index (κ2) is 3.98. The molecule has 2 rings (SSSR count). The molecule has 0 aliphatic carbocycles. The zero-order valence-corrected chi connectivity index (χ0v) is 8.29. The lowest BCUT2D eigenvalue weighted by atomic mass is 10.1. The van der Waals surface area contributed by atoms with Crippen LogP contribution in [0.5, 0.6) is 0 Å².